The van der Waals surface area contributed by atoms with Crippen molar-refractivity contribution in [3.05, 3.63) is 38.9 Å². The zero-order chi connectivity index (χ0) is 13.7. The molecule has 6 nitrogen and oxygen atoms in total. The van der Waals surface area contributed by atoms with Gasteiger partial charge in [-0.05, 0) is 19.2 Å². The molecule has 0 heterocycles. The molecule has 0 unspecified atom stereocenters. The molecule has 106 valence electrons. The van der Waals surface area contributed by atoms with Gasteiger partial charge in [0.05, 0.1) is 11.3 Å². The maximum absolute atomic E-state index is 10.8. The number of aliphatic carboxylic acids is 1. The van der Waals surface area contributed by atoms with Crippen LogP contribution in [0.3, 0.4) is 0 Å². The lowest BCUT2D eigenvalue weighted by Crippen LogP contribution is -2.21. The second-order valence-corrected chi connectivity index (χ2v) is 4.35. The normalized spacial score (nSPS) is 10.1. The number of nitro benzene ring substituents is 1. The Morgan fingerprint density at radius 2 is 2.16 bits per heavy atom. The largest absolute Gasteiger partial charge is 0.481 e. The average molecular weight is 309 g/mol. The van der Waals surface area contributed by atoms with Crippen molar-refractivity contribution in [2.24, 2.45) is 0 Å². The molecule has 0 radical (unpaired) electrons. The summed E-state index contributed by atoms with van der Waals surface area (Å²) in [7, 11) is 1.70. The van der Waals surface area contributed by atoms with E-state index in [-0.39, 0.29) is 31.1 Å². The molecule has 0 atom stereocenters. The van der Waals surface area contributed by atoms with E-state index in [2.05, 4.69) is 0 Å². The first-order chi connectivity index (χ1) is 8.40. The van der Waals surface area contributed by atoms with Crippen molar-refractivity contribution in [3.8, 4) is 0 Å². The molecule has 0 saturated carbocycles. The number of carbonyl (C=O) groups is 1. The third-order valence-electron chi connectivity index (χ3n) is 2.39. The Hall–Kier alpha value is -1.37. The zero-order valence-electron chi connectivity index (χ0n) is 10.2. The Balaban J connectivity index is 0.00000324. The molecule has 0 fully saturated rings. The van der Waals surface area contributed by atoms with E-state index < -0.39 is 10.9 Å². The Kier molecular flexibility index (Phi) is 7.36. The van der Waals surface area contributed by atoms with Gasteiger partial charge in [-0.25, -0.2) is 0 Å². The molecule has 8 heteroatoms. The molecule has 1 aromatic rings. The van der Waals surface area contributed by atoms with E-state index in [0.717, 1.165) is 0 Å². The molecule has 1 aromatic carbocycles. The maximum Gasteiger partial charge on any atom is 0.304 e. The summed E-state index contributed by atoms with van der Waals surface area (Å²) in [6.45, 7) is 0.600. The van der Waals surface area contributed by atoms with Gasteiger partial charge in [0.25, 0.3) is 5.69 Å². The van der Waals surface area contributed by atoms with Crippen LogP contribution in [-0.2, 0) is 11.3 Å². The van der Waals surface area contributed by atoms with Crippen LogP contribution < -0.4 is 0 Å². The second-order valence-electron chi connectivity index (χ2n) is 3.91. The summed E-state index contributed by atoms with van der Waals surface area (Å²) in [6, 6.07) is 4.33. The molecule has 0 aromatic heterocycles. The van der Waals surface area contributed by atoms with Crippen LogP contribution >= 0.6 is 24.0 Å². The lowest BCUT2D eigenvalue weighted by molar-refractivity contribution is -0.385. The molecule has 0 spiro atoms. The lowest BCUT2D eigenvalue weighted by atomic mass is 10.1. The maximum atomic E-state index is 10.8. The van der Waals surface area contributed by atoms with Crippen LogP contribution in [0.5, 0.6) is 0 Å². The number of rotatable bonds is 6. The van der Waals surface area contributed by atoms with Crippen molar-refractivity contribution in [3.63, 3.8) is 0 Å². The number of nitro groups is 1. The van der Waals surface area contributed by atoms with Crippen molar-refractivity contribution < 1.29 is 14.8 Å². The molecule has 1 N–H and O–H groups in total. The molecule has 19 heavy (non-hydrogen) atoms. The van der Waals surface area contributed by atoms with Gasteiger partial charge < -0.3 is 10.0 Å². The molecule has 0 bridgehead atoms. The molecule has 0 amide bonds. The molecular weight excluding hydrogens is 295 g/mol. The van der Waals surface area contributed by atoms with Gasteiger partial charge in [-0.3, -0.25) is 14.9 Å². The number of hydrogen-bond donors (Lipinski definition) is 1. The number of nitrogens with zero attached hydrogens (tertiary/aromatic N) is 2. The van der Waals surface area contributed by atoms with Gasteiger partial charge in [0.2, 0.25) is 0 Å². The van der Waals surface area contributed by atoms with Crippen LogP contribution in [0.2, 0.25) is 5.02 Å². The van der Waals surface area contributed by atoms with Crippen LogP contribution in [0, 0.1) is 10.1 Å². The topological polar surface area (TPSA) is 83.7 Å². The van der Waals surface area contributed by atoms with E-state index in [1.807, 2.05) is 0 Å². The highest BCUT2D eigenvalue weighted by molar-refractivity contribution is 6.30. The summed E-state index contributed by atoms with van der Waals surface area (Å²) in [5.74, 6) is -0.901. The Labute approximate surface area is 121 Å². The summed E-state index contributed by atoms with van der Waals surface area (Å²) in [6.07, 6.45) is -0.00906. The Morgan fingerprint density at radius 3 is 2.68 bits per heavy atom. The fraction of sp³-hybridized carbons (Fsp3) is 0.364. The van der Waals surface area contributed by atoms with Crippen molar-refractivity contribution >= 4 is 35.7 Å². The Morgan fingerprint density at radius 1 is 1.53 bits per heavy atom. The van der Waals surface area contributed by atoms with Crippen molar-refractivity contribution in [2.75, 3.05) is 13.6 Å². The van der Waals surface area contributed by atoms with E-state index in [0.29, 0.717) is 17.1 Å². The minimum absolute atomic E-state index is 0. The minimum atomic E-state index is -0.901. The first-order valence-electron chi connectivity index (χ1n) is 5.23. The standard InChI is InChI=1S/C11H13ClN2O4.ClH/c1-13(5-4-11(15)16)7-8-6-9(12)2-3-10(8)14(17)18;/h2-3,6H,4-5,7H2,1H3,(H,15,16);1H. The molecule has 0 aliphatic rings. The van der Waals surface area contributed by atoms with Crippen molar-refractivity contribution in [1.82, 2.24) is 4.90 Å². The van der Waals surface area contributed by atoms with E-state index in [4.69, 9.17) is 16.7 Å². The number of benzene rings is 1. The fourth-order valence-corrected chi connectivity index (χ4v) is 1.71. The molecule has 0 saturated heterocycles. The fourth-order valence-electron chi connectivity index (χ4n) is 1.52. The summed E-state index contributed by atoms with van der Waals surface area (Å²) >= 11 is 5.80. The van der Waals surface area contributed by atoms with Gasteiger partial charge in [-0.15, -0.1) is 12.4 Å². The first-order valence-corrected chi connectivity index (χ1v) is 5.61. The summed E-state index contributed by atoms with van der Waals surface area (Å²) < 4.78 is 0. The number of carboxylic acid groups (broad SMARTS) is 1. The van der Waals surface area contributed by atoms with Gasteiger partial charge in [-0.2, -0.15) is 0 Å². The highest BCUT2D eigenvalue weighted by Gasteiger charge is 2.15. The number of hydrogen-bond acceptors (Lipinski definition) is 4. The first kappa shape index (κ1) is 17.6. The summed E-state index contributed by atoms with van der Waals surface area (Å²) in [4.78, 5) is 22.5. The molecule has 0 aliphatic carbocycles. The third kappa shape index (κ3) is 5.87. The highest BCUT2D eigenvalue weighted by Crippen LogP contribution is 2.23. The number of halogens is 2. The molecule has 0 aliphatic heterocycles. The monoisotopic (exact) mass is 308 g/mol. The van der Waals surface area contributed by atoms with Crippen LogP contribution in [0.15, 0.2) is 18.2 Å². The highest BCUT2D eigenvalue weighted by atomic mass is 35.5. The van der Waals surface area contributed by atoms with E-state index in [9.17, 15) is 14.9 Å². The van der Waals surface area contributed by atoms with Crippen LogP contribution in [0.4, 0.5) is 5.69 Å². The van der Waals surface area contributed by atoms with Crippen LogP contribution in [0.25, 0.3) is 0 Å². The van der Waals surface area contributed by atoms with Crippen LogP contribution in [0.1, 0.15) is 12.0 Å². The van der Waals surface area contributed by atoms with Crippen LogP contribution in [-0.4, -0.2) is 34.5 Å². The quantitative estimate of drug-likeness (QED) is 0.645. The van der Waals surface area contributed by atoms with Crippen molar-refractivity contribution in [1.29, 1.82) is 0 Å². The SMILES string of the molecule is CN(CCC(=O)O)Cc1cc(Cl)ccc1[N+](=O)[O-].Cl. The second kappa shape index (κ2) is 7.93. The smallest absolute Gasteiger partial charge is 0.304 e. The van der Waals surface area contributed by atoms with Gasteiger partial charge in [-0.1, -0.05) is 11.6 Å². The average Bonchev–Trinajstić information content (AvgIpc) is 2.26. The number of carboxylic acids is 1. The van der Waals surface area contributed by atoms with Gasteiger partial charge >= 0.3 is 5.97 Å². The Bertz CT molecular complexity index is 468. The minimum Gasteiger partial charge on any atom is -0.481 e. The van der Waals surface area contributed by atoms with Gasteiger partial charge in [0.15, 0.2) is 0 Å². The van der Waals surface area contributed by atoms with E-state index in [1.54, 1.807) is 11.9 Å². The van der Waals surface area contributed by atoms with Gasteiger partial charge in [0.1, 0.15) is 0 Å². The predicted octanol–water partition coefficient (Wildman–Crippen LogP) is 2.58. The summed E-state index contributed by atoms with van der Waals surface area (Å²) in [5, 5.41) is 19.8. The predicted molar refractivity (Wildman–Crippen MR) is 73.9 cm³/mol. The molecule has 1 rings (SSSR count). The lowest BCUT2D eigenvalue weighted by Gasteiger charge is -2.15. The third-order valence-corrected chi connectivity index (χ3v) is 2.62. The zero-order valence-corrected chi connectivity index (χ0v) is 11.8. The van der Waals surface area contributed by atoms with Gasteiger partial charge in [0, 0.05) is 29.7 Å². The van der Waals surface area contributed by atoms with Crippen molar-refractivity contribution in [2.45, 2.75) is 13.0 Å². The summed E-state index contributed by atoms with van der Waals surface area (Å²) in [5.41, 5.74) is 0.460. The van der Waals surface area contributed by atoms with E-state index in [1.165, 1.54) is 18.2 Å². The van der Waals surface area contributed by atoms with E-state index >= 15 is 0 Å². The molecular formula is C11H14Cl2N2O4.